The van der Waals surface area contributed by atoms with Crippen molar-refractivity contribution in [3.8, 4) is 0 Å². The van der Waals surface area contributed by atoms with Crippen molar-refractivity contribution < 1.29 is 0 Å². The van der Waals surface area contributed by atoms with Gasteiger partial charge in [-0.3, -0.25) is 0 Å². The Balaban J connectivity index is 2.37. The predicted molar refractivity (Wildman–Crippen MR) is 82.4 cm³/mol. The Bertz CT molecular complexity index is 579. The second kappa shape index (κ2) is 6.03. The van der Waals surface area contributed by atoms with Crippen LogP contribution in [0.5, 0.6) is 0 Å². The van der Waals surface area contributed by atoms with E-state index in [-0.39, 0.29) is 6.04 Å². The van der Waals surface area contributed by atoms with Crippen LogP contribution in [0.3, 0.4) is 0 Å². The molecule has 1 aromatic carbocycles. The van der Waals surface area contributed by atoms with E-state index in [4.69, 9.17) is 5.73 Å². The lowest BCUT2D eigenvalue weighted by atomic mass is 10.1. The van der Waals surface area contributed by atoms with Gasteiger partial charge in [0.1, 0.15) is 0 Å². The summed E-state index contributed by atoms with van der Waals surface area (Å²) in [5.74, 6) is 0. The Labute approximate surface area is 126 Å². The highest BCUT2D eigenvalue weighted by atomic mass is 79.9. The molecule has 0 radical (unpaired) electrons. The van der Waals surface area contributed by atoms with Gasteiger partial charge in [0.05, 0.1) is 0 Å². The fraction of sp³-hybridized carbons (Fsp3) is 0.286. The first kappa shape index (κ1) is 14.5. The largest absolute Gasteiger partial charge is 0.324 e. The number of aryl methyl sites for hydroxylation is 2. The van der Waals surface area contributed by atoms with E-state index in [1.807, 2.05) is 32.9 Å². The quantitative estimate of drug-likeness (QED) is 0.859. The molecule has 3 nitrogen and oxygen atoms in total. The maximum absolute atomic E-state index is 6.02. The minimum absolute atomic E-state index is 0.0223. The highest BCUT2D eigenvalue weighted by molar-refractivity contribution is 9.10. The van der Waals surface area contributed by atoms with Crippen LogP contribution in [0.25, 0.3) is 0 Å². The van der Waals surface area contributed by atoms with Gasteiger partial charge < -0.3 is 5.73 Å². The fourth-order valence-corrected chi connectivity index (χ4v) is 3.26. The van der Waals surface area contributed by atoms with E-state index in [0.717, 1.165) is 31.5 Å². The molecule has 0 saturated carbocycles. The zero-order chi connectivity index (χ0) is 14.0. The molecule has 0 amide bonds. The van der Waals surface area contributed by atoms with Crippen molar-refractivity contribution in [3.63, 3.8) is 0 Å². The summed E-state index contributed by atoms with van der Waals surface area (Å²) in [5, 5.41) is 0.765. The maximum Gasteiger partial charge on any atom is 0.192 e. The summed E-state index contributed by atoms with van der Waals surface area (Å²) in [5.41, 5.74) is 9.08. The van der Waals surface area contributed by atoms with Crippen LogP contribution < -0.4 is 5.73 Å². The summed E-state index contributed by atoms with van der Waals surface area (Å²) in [7, 11) is 0. The number of benzene rings is 1. The molecule has 0 bridgehead atoms. The minimum atomic E-state index is -0.0223. The third-order valence-electron chi connectivity index (χ3n) is 2.63. The van der Waals surface area contributed by atoms with Crippen molar-refractivity contribution in [1.82, 2.24) is 9.97 Å². The first-order valence-electron chi connectivity index (χ1n) is 6.01. The Kier molecular flexibility index (Phi) is 4.60. The topological polar surface area (TPSA) is 51.8 Å². The molecule has 0 spiro atoms. The van der Waals surface area contributed by atoms with Crippen molar-refractivity contribution in [1.29, 1.82) is 0 Å². The van der Waals surface area contributed by atoms with Gasteiger partial charge in [0, 0.05) is 26.8 Å². The molecule has 2 N–H and O–H groups in total. The van der Waals surface area contributed by atoms with Crippen molar-refractivity contribution in [2.75, 3.05) is 0 Å². The molecule has 1 unspecified atom stereocenters. The molecular weight excluding hydrogens is 322 g/mol. The molecule has 0 aliphatic heterocycles. The van der Waals surface area contributed by atoms with Gasteiger partial charge >= 0.3 is 0 Å². The lowest BCUT2D eigenvalue weighted by Gasteiger charge is -2.12. The highest BCUT2D eigenvalue weighted by Gasteiger charge is 2.11. The Morgan fingerprint density at radius 3 is 2.37 bits per heavy atom. The van der Waals surface area contributed by atoms with Crippen LogP contribution in [-0.4, -0.2) is 9.97 Å². The van der Waals surface area contributed by atoms with Gasteiger partial charge in [0.2, 0.25) is 0 Å². The molecule has 100 valence electrons. The summed E-state index contributed by atoms with van der Waals surface area (Å²) in [6.45, 7) is 5.94. The molecule has 1 aromatic heterocycles. The van der Waals surface area contributed by atoms with Gasteiger partial charge in [-0.2, -0.15) is 0 Å². The molecule has 1 heterocycles. The van der Waals surface area contributed by atoms with Gasteiger partial charge in [-0.1, -0.05) is 15.9 Å². The average Bonchev–Trinajstić information content (AvgIpc) is 2.30. The van der Waals surface area contributed by atoms with Crippen molar-refractivity contribution in [2.24, 2.45) is 5.73 Å². The summed E-state index contributed by atoms with van der Waals surface area (Å²) < 4.78 is 1.03. The van der Waals surface area contributed by atoms with Crippen molar-refractivity contribution >= 4 is 27.7 Å². The van der Waals surface area contributed by atoms with Gasteiger partial charge in [-0.15, -0.1) is 0 Å². The monoisotopic (exact) mass is 337 g/mol. The van der Waals surface area contributed by atoms with Crippen LogP contribution >= 0.6 is 27.7 Å². The summed E-state index contributed by atoms with van der Waals surface area (Å²) in [4.78, 5) is 10.0. The molecule has 0 aliphatic carbocycles. The summed E-state index contributed by atoms with van der Waals surface area (Å²) in [6, 6.07) is 8.06. The number of halogens is 1. The third kappa shape index (κ3) is 3.78. The van der Waals surface area contributed by atoms with Gasteiger partial charge in [-0.05, 0) is 62.4 Å². The first-order valence-corrected chi connectivity index (χ1v) is 7.62. The second-order valence-corrected chi connectivity index (χ2v) is 6.43. The molecule has 0 fully saturated rings. The molecule has 2 aromatic rings. The normalized spacial score (nSPS) is 12.5. The molecule has 2 rings (SSSR count). The molecule has 5 heteroatoms. The van der Waals surface area contributed by atoms with Gasteiger partial charge in [-0.25, -0.2) is 9.97 Å². The van der Waals surface area contributed by atoms with E-state index in [0.29, 0.717) is 0 Å². The molecule has 19 heavy (non-hydrogen) atoms. The number of rotatable bonds is 3. The SMILES string of the molecule is Cc1cc(C)nc(Sc2ccc(Br)cc2C(C)N)n1. The Hall–Kier alpha value is -0.910. The van der Waals surface area contributed by atoms with E-state index >= 15 is 0 Å². The highest BCUT2D eigenvalue weighted by Crippen LogP contribution is 2.32. The molecule has 0 aliphatic rings. The number of aromatic nitrogens is 2. The van der Waals surface area contributed by atoms with E-state index < -0.39 is 0 Å². The van der Waals surface area contributed by atoms with Crippen LogP contribution in [0, 0.1) is 13.8 Å². The maximum atomic E-state index is 6.02. The zero-order valence-electron chi connectivity index (χ0n) is 11.1. The van der Waals surface area contributed by atoms with Crippen molar-refractivity contribution in [3.05, 3.63) is 45.7 Å². The first-order chi connectivity index (χ1) is 8.95. The zero-order valence-corrected chi connectivity index (χ0v) is 13.5. The third-order valence-corrected chi connectivity index (χ3v) is 4.08. The second-order valence-electron chi connectivity index (χ2n) is 4.51. The molecular formula is C14H16BrN3S. The lowest BCUT2D eigenvalue weighted by Crippen LogP contribution is -2.06. The van der Waals surface area contributed by atoms with Crippen LogP contribution in [0.2, 0.25) is 0 Å². The average molecular weight is 338 g/mol. The van der Waals surface area contributed by atoms with Crippen molar-refractivity contribution in [2.45, 2.75) is 36.9 Å². The van der Waals surface area contributed by atoms with E-state index in [9.17, 15) is 0 Å². The predicted octanol–water partition coefficient (Wildman–Crippen LogP) is 4.03. The molecule has 1 atom stereocenters. The van der Waals surface area contributed by atoms with E-state index in [1.54, 1.807) is 11.8 Å². The number of nitrogens with two attached hydrogens (primary N) is 1. The summed E-state index contributed by atoms with van der Waals surface area (Å²) in [6.07, 6.45) is 0. The number of nitrogens with zero attached hydrogens (tertiary/aromatic N) is 2. The number of hydrogen-bond donors (Lipinski definition) is 1. The van der Waals surface area contributed by atoms with Crippen LogP contribution in [-0.2, 0) is 0 Å². The number of hydrogen-bond acceptors (Lipinski definition) is 4. The Morgan fingerprint density at radius 2 is 1.79 bits per heavy atom. The lowest BCUT2D eigenvalue weighted by molar-refractivity contribution is 0.795. The minimum Gasteiger partial charge on any atom is -0.324 e. The van der Waals surface area contributed by atoms with Crippen LogP contribution in [0.4, 0.5) is 0 Å². The Morgan fingerprint density at radius 1 is 1.16 bits per heavy atom. The van der Waals surface area contributed by atoms with E-state index in [1.165, 1.54) is 0 Å². The smallest absolute Gasteiger partial charge is 0.192 e. The van der Waals surface area contributed by atoms with Gasteiger partial charge in [0.25, 0.3) is 0 Å². The van der Waals surface area contributed by atoms with Crippen LogP contribution in [0.1, 0.15) is 29.9 Å². The molecule has 0 saturated heterocycles. The standard InChI is InChI=1S/C14H16BrN3S/c1-8-6-9(2)18-14(17-8)19-13-5-4-11(15)7-12(13)10(3)16/h4-7,10H,16H2,1-3H3. The van der Waals surface area contributed by atoms with E-state index in [2.05, 4.69) is 38.0 Å². The summed E-state index contributed by atoms with van der Waals surface area (Å²) >= 11 is 5.03. The van der Waals surface area contributed by atoms with Crippen LogP contribution in [0.15, 0.2) is 38.8 Å². The van der Waals surface area contributed by atoms with Gasteiger partial charge in [0.15, 0.2) is 5.16 Å². The fourth-order valence-electron chi connectivity index (χ4n) is 1.81.